The molecule has 0 atom stereocenters. The van der Waals surface area contributed by atoms with Crippen LogP contribution in [0.1, 0.15) is 5.56 Å². The highest BCUT2D eigenvalue weighted by Gasteiger charge is 2.20. The third-order valence-electron chi connectivity index (χ3n) is 3.59. The smallest absolute Gasteiger partial charge is 0.260 e. The SMILES string of the molecule is Cc1cc2n(c(=O)c1-c1ccccc1)CCN2C. The van der Waals surface area contributed by atoms with E-state index in [0.717, 1.165) is 35.6 Å². The van der Waals surface area contributed by atoms with Crippen molar-refractivity contribution in [3.8, 4) is 11.1 Å². The molecular formula is C15H16N2O. The summed E-state index contributed by atoms with van der Waals surface area (Å²) < 4.78 is 1.87. The molecule has 1 aliphatic rings. The zero-order valence-electron chi connectivity index (χ0n) is 10.7. The van der Waals surface area contributed by atoms with E-state index in [1.165, 1.54) is 0 Å². The zero-order chi connectivity index (χ0) is 12.7. The van der Waals surface area contributed by atoms with Crippen LogP contribution in [0, 0.1) is 6.92 Å². The number of nitrogens with zero attached hydrogens (tertiary/aromatic N) is 2. The number of aromatic nitrogens is 1. The van der Waals surface area contributed by atoms with E-state index in [1.807, 2.05) is 48.9 Å². The third kappa shape index (κ3) is 1.55. The normalized spacial score (nSPS) is 13.8. The first-order valence-corrected chi connectivity index (χ1v) is 6.19. The van der Waals surface area contributed by atoms with Gasteiger partial charge in [-0.25, -0.2) is 0 Å². The molecule has 2 heterocycles. The summed E-state index contributed by atoms with van der Waals surface area (Å²) in [4.78, 5) is 14.7. The maximum absolute atomic E-state index is 12.6. The first-order chi connectivity index (χ1) is 8.68. The second-order valence-corrected chi connectivity index (χ2v) is 4.80. The van der Waals surface area contributed by atoms with Gasteiger partial charge >= 0.3 is 0 Å². The van der Waals surface area contributed by atoms with Gasteiger partial charge in [-0.2, -0.15) is 0 Å². The van der Waals surface area contributed by atoms with Crippen LogP contribution in [0.3, 0.4) is 0 Å². The summed E-state index contributed by atoms with van der Waals surface area (Å²) in [6, 6.07) is 12.0. The molecule has 3 heteroatoms. The second-order valence-electron chi connectivity index (χ2n) is 4.80. The maximum atomic E-state index is 12.6. The first-order valence-electron chi connectivity index (χ1n) is 6.19. The van der Waals surface area contributed by atoms with Crippen LogP contribution < -0.4 is 10.5 Å². The molecular weight excluding hydrogens is 224 g/mol. The number of benzene rings is 1. The maximum Gasteiger partial charge on any atom is 0.260 e. The van der Waals surface area contributed by atoms with Gasteiger partial charge in [0.2, 0.25) is 0 Å². The largest absolute Gasteiger partial charge is 0.359 e. The predicted molar refractivity (Wildman–Crippen MR) is 74.1 cm³/mol. The van der Waals surface area contributed by atoms with Gasteiger partial charge in [0.05, 0.1) is 5.56 Å². The van der Waals surface area contributed by atoms with Gasteiger partial charge in [-0.1, -0.05) is 30.3 Å². The van der Waals surface area contributed by atoms with E-state index < -0.39 is 0 Å². The molecule has 3 rings (SSSR count). The Morgan fingerprint density at radius 1 is 1.11 bits per heavy atom. The number of likely N-dealkylation sites (N-methyl/N-ethyl adjacent to an activating group) is 1. The summed E-state index contributed by atoms with van der Waals surface area (Å²) in [5.41, 5.74) is 3.01. The minimum Gasteiger partial charge on any atom is -0.359 e. The Morgan fingerprint density at radius 2 is 1.83 bits per heavy atom. The summed E-state index contributed by atoms with van der Waals surface area (Å²) in [5.74, 6) is 1.03. The van der Waals surface area contributed by atoms with Crippen molar-refractivity contribution >= 4 is 5.82 Å². The number of pyridine rings is 1. The summed E-state index contributed by atoms with van der Waals surface area (Å²) in [6.45, 7) is 3.70. The van der Waals surface area contributed by atoms with Crippen LogP contribution in [0.25, 0.3) is 11.1 Å². The van der Waals surface area contributed by atoms with Crippen molar-refractivity contribution in [1.82, 2.24) is 4.57 Å². The molecule has 92 valence electrons. The number of hydrogen-bond donors (Lipinski definition) is 0. The van der Waals surface area contributed by atoms with Crippen molar-refractivity contribution in [3.05, 3.63) is 52.3 Å². The van der Waals surface area contributed by atoms with Crippen molar-refractivity contribution < 1.29 is 0 Å². The van der Waals surface area contributed by atoms with Crippen LogP contribution >= 0.6 is 0 Å². The minimum absolute atomic E-state index is 0.126. The molecule has 0 N–H and O–H groups in total. The highest BCUT2D eigenvalue weighted by molar-refractivity contribution is 5.68. The number of aryl methyl sites for hydroxylation is 1. The quantitative estimate of drug-likeness (QED) is 0.764. The Morgan fingerprint density at radius 3 is 2.56 bits per heavy atom. The second kappa shape index (κ2) is 4.02. The van der Waals surface area contributed by atoms with Gasteiger partial charge in [-0.15, -0.1) is 0 Å². The van der Waals surface area contributed by atoms with Crippen molar-refractivity contribution in [2.45, 2.75) is 13.5 Å². The molecule has 0 fully saturated rings. The van der Waals surface area contributed by atoms with Gasteiger partial charge < -0.3 is 4.90 Å². The molecule has 0 radical (unpaired) electrons. The fourth-order valence-corrected chi connectivity index (χ4v) is 2.60. The Bertz CT molecular complexity index is 644. The van der Waals surface area contributed by atoms with E-state index >= 15 is 0 Å². The summed E-state index contributed by atoms with van der Waals surface area (Å²) in [5, 5.41) is 0. The van der Waals surface area contributed by atoms with Crippen LogP contribution in [0.2, 0.25) is 0 Å². The Kier molecular flexibility index (Phi) is 2.47. The monoisotopic (exact) mass is 240 g/mol. The lowest BCUT2D eigenvalue weighted by molar-refractivity contribution is 0.764. The molecule has 2 aromatic rings. The van der Waals surface area contributed by atoms with E-state index in [0.29, 0.717) is 0 Å². The van der Waals surface area contributed by atoms with E-state index in [-0.39, 0.29) is 5.56 Å². The van der Waals surface area contributed by atoms with Crippen LogP contribution in [-0.2, 0) is 6.54 Å². The van der Waals surface area contributed by atoms with E-state index in [9.17, 15) is 4.79 Å². The fourth-order valence-electron chi connectivity index (χ4n) is 2.60. The topological polar surface area (TPSA) is 25.2 Å². The number of hydrogen-bond acceptors (Lipinski definition) is 2. The molecule has 1 aromatic heterocycles. The standard InChI is InChI=1S/C15H16N2O/c1-11-10-13-16(2)8-9-17(13)15(18)14(11)12-6-4-3-5-7-12/h3-7,10H,8-9H2,1-2H3. The lowest BCUT2D eigenvalue weighted by Crippen LogP contribution is -2.21. The highest BCUT2D eigenvalue weighted by Crippen LogP contribution is 2.25. The fraction of sp³-hybridized carbons (Fsp3) is 0.267. The first kappa shape index (κ1) is 11.1. The van der Waals surface area contributed by atoms with E-state index in [1.54, 1.807) is 0 Å². The molecule has 0 saturated heterocycles. The van der Waals surface area contributed by atoms with Gasteiger partial charge in [0.15, 0.2) is 0 Å². The Balaban J connectivity index is 2.27. The zero-order valence-corrected chi connectivity index (χ0v) is 10.7. The summed E-state index contributed by atoms with van der Waals surface area (Å²) in [7, 11) is 2.03. The van der Waals surface area contributed by atoms with Gasteiger partial charge in [0.1, 0.15) is 5.82 Å². The molecule has 0 spiro atoms. The summed E-state index contributed by atoms with van der Waals surface area (Å²) >= 11 is 0. The van der Waals surface area contributed by atoms with Gasteiger partial charge in [-0.3, -0.25) is 9.36 Å². The average molecular weight is 240 g/mol. The van der Waals surface area contributed by atoms with Crippen molar-refractivity contribution in [3.63, 3.8) is 0 Å². The van der Waals surface area contributed by atoms with Crippen LogP contribution in [-0.4, -0.2) is 18.2 Å². The number of rotatable bonds is 1. The molecule has 3 nitrogen and oxygen atoms in total. The van der Waals surface area contributed by atoms with Crippen molar-refractivity contribution in [2.75, 3.05) is 18.5 Å². The van der Waals surface area contributed by atoms with Gasteiger partial charge in [-0.05, 0) is 24.1 Å². The van der Waals surface area contributed by atoms with Crippen LogP contribution in [0.5, 0.6) is 0 Å². The lowest BCUT2D eigenvalue weighted by atomic mass is 10.0. The average Bonchev–Trinajstić information content (AvgIpc) is 2.73. The molecule has 0 unspecified atom stereocenters. The number of anilines is 1. The van der Waals surface area contributed by atoms with Gasteiger partial charge in [0, 0.05) is 20.1 Å². The Labute approximate surface area is 106 Å². The van der Waals surface area contributed by atoms with Crippen molar-refractivity contribution in [1.29, 1.82) is 0 Å². The molecule has 0 saturated carbocycles. The lowest BCUT2D eigenvalue weighted by Gasteiger charge is -2.14. The van der Waals surface area contributed by atoms with E-state index in [4.69, 9.17) is 0 Å². The predicted octanol–water partition coefficient (Wildman–Crippen LogP) is 2.27. The molecule has 1 aromatic carbocycles. The van der Waals surface area contributed by atoms with E-state index in [2.05, 4.69) is 11.0 Å². The Hall–Kier alpha value is -2.03. The third-order valence-corrected chi connectivity index (χ3v) is 3.59. The molecule has 0 amide bonds. The molecule has 18 heavy (non-hydrogen) atoms. The van der Waals surface area contributed by atoms with Crippen molar-refractivity contribution in [2.24, 2.45) is 0 Å². The molecule has 0 bridgehead atoms. The number of fused-ring (bicyclic) bond motifs is 1. The molecule has 0 aliphatic carbocycles. The minimum atomic E-state index is 0.126. The molecule has 1 aliphatic heterocycles. The van der Waals surface area contributed by atoms with Crippen LogP contribution in [0.15, 0.2) is 41.2 Å². The summed E-state index contributed by atoms with van der Waals surface area (Å²) in [6.07, 6.45) is 0. The van der Waals surface area contributed by atoms with Gasteiger partial charge in [0.25, 0.3) is 5.56 Å². The van der Waals surface area contributed by atoms with Crippen LogP contribution in [0.4, 0.5) is 5.82 Å². The highest BCUT2D eigenvalue weighted by atomic mass is 16.1.